The number of carbonyl (C=O) groups is 1. The lowest BCUT2D eigenvalue weighted by molar-refractivity contribution is -0.116. The normalized spacial score (nSPS) is 11.2. The van der Waals surface area contributed by atoms with Gasteiger partial charge in [0.1, 0.15) is 18.1 Å². The molecular formula is C22H16ClF3N4O2. The van der Waals surface area contributed by atoms with Crippen LogP contribution in [0.4, 0.5) is 18.9 Å². The molecule has 2 aromatic heterocycles. The number of alkyl halides is 2. The van der Waals surface area contributed by atoms with E-state index in [1.165, 1.54) is 35.0 Å². The molecule has 4 rings (SSSR count). The van der Waals surface area contributed by atoms with Gasteiger partial charge in [0.2, 0.25) is 5.91 Å². The highest BCUT2D eigenvalue weighted by atomic mass is 35.5. The maximum Gasteiger partial charge on any atom is 0.387 e. The molecule has 0 aliphatic rings. The number of ether oxygens (including phenoxy) is 1. The third-order valence-electron chi connectivity index (χ3n) is 4.69. The number of fused-ring (bicyclic) bond motifs is 1. The van der Waals surface area contributed by atoms with Gasteiger partial charge in [0.05, 0.1) is 10.7 Å². The molecule has 0 fully saturated rings. The highest BCUT2D eigenvalue weighted by Crippen LogP contribution is 2.31. The van der Waals surface area contributed by atoms with Gasteiger partial charge in [0.15, 0.2) is 5.65 Å². The minimum absolute atomic E-state index is 0.0610. The van der Waals surface area contributed by atoms with Crippen molar-refractivity contribution in [2.24, 2.45) is 0 Å². The number of aromatic nitrogens is 3. The van der Waals surface area contributed by atoms with Crippen LogP contribution in [0.1, 0.15) is 5.69 Å². The van der Waals surface area contributed by atoms with Crippen LogP contribution in [0.5, 0.6) is 5.75 Å². The van der Waals surface area contributed by atoms with Crippen LogP contribution in [0.15, 0.2) is 54.7 Å². The molecule has 10 heteroatoms. The number of nitrogens with zero attached hydrogens (tertiary/aromatic N) is 3. The van der Waals surface area contributed by atoms with Crippen LogP contribution >= 0.6 is 11.6 Å². The van der Waals surface area contributed by atoms with Crippen molar-refractivity contribution >= 4 is 34.2 Å². The summed E-state index contributed by atoms with van der Waals surface area (Å²) >= 11 is 5.92. The van der Waals surface area contributed by atoms with E-state index in [-0.39, 0.29) is 23.1 Å². The molecule has 2 aromatic carbocycles. The van der Waals surface area contributed by atoms with Crippen molar-refractivity contribution in [3.8, 4) is 16.9 Å². The van der Waals surface area contributed by atoms with Crippen molar-refractivity contribution in [2.45, 2.75) is 20.1 Å². The smallest absolute Gasteiger partial charge is 0.387 e. The van der Waals surface area contributed by atoms with E-state index in [0.717, 1.165) is 16.5 Å². The first kappa shape index (κ1) is 21.6. The minimum Gasteiger partial charge on any atom is -0.433 e. The summed E-state index contributed by atoms with van der Waals surface area (Å²) in [6, 6.07) is 11.8. The largest absolute Gasteiger partial charge is 0.433 e. The Morgan fingerprint density at radius 2 is 1.94 bits per heavy atom. The molecule has 0 spiro atoms. The molecule has 0 saturated carbocycles. The first-order chi connectivity index (χ1) is 15.3. The van der Waals surface area contributed by atoms with Gasteiger partial charge in [-0.1, -0.05) is 23.7 Å². The van der Waals surface area contributed by atoms with Crippen LogP contribution in [0.2, 0.25) is 5.02 Å². The molecule has 6 nitrogen and oxygen atoms in total. The lowest BCUT2D eigenvalue weighted by Gasteiger charge is -2.10. The summed E-state index contributed by atoms with van der Waals surface area (Å²) < 4.78 is 43.8. The molecule has 0 unspecified atom stereocenters. The van der Waals surface area contributed by atoms with Crippen LogP contribution in [0.3, 0.4) is 0 Å². The summed E-state index contributed by atoms with van der Waals surface area (Å²) in [5, 5.41) is 7.76. The highest BCUT2D eigenvalue weighted by Gasteiger charge is 2.17. The van der Waals surface area contributed by atoms with E-state index in [4.69, 9.17) is 11.6 Å². The number of aryl methyl sites for hydroxylation is 1. The molecule has 1 amide bonds. The van der Waals surface area contributed by atoms with Gasteiger partial charge in [-0.2, -0.15) is 13.9 Å². The van der Waals surface area contributed by atoms with Gasteiger partial charge in [0, 0.05) is 17.3 Å². The Labute approximate surface area is 185 Å². The van der Waals surface area contributed by atoms with Gasteiger partial charge in [-0.25, -0.2) is 14.1 Å². The van der Waals surface area contributed by atoms with Crippen molar-refractivity contribution in [3.05, 3.63) is 71.3 Å². The molecule has 0 radical (unpaired) electrons. The van der Waals surface area contributed by atoms with Crippen LogP contribution < -0.4 is 10.1 Å². The van der Waals surface area contributed by atoms with Crippen molar-refractivity contribution in [2.75, 3.05) is 5.32 Å². The number of hydrogen-bond donors (Lipinski definition) is 1. The molecule has 0 aliphatic heterocycles. The number of hydrogen-bond acceptors (Lipinski definition) is 4. The van der Waals surface area contributed by atoms with E-state index in [1.807, 2.05) is 0 Å². The fraction of sp³-hybridized carbons (Fsp3) is 0.136. The molecule has 0 bridgehead atoms. The number of nitrogens with one attached hydrogen (secondary N) is 1. The zero-order valence-corrected chi connectivity index (χ0v) is 17.4. The number of anilines is 1. The quantitative estimate of drug-likeness (QED) is 0.416. The summed E-state index contributed by atoms with van der Waals surface area (Å²) in [7, 11) is 0. The van der Waals surface area contributed by atoms with Gasteiger partial charge in [0.25, 0.3) is 0 Å². The van der Waals surface area contributed by atoms with E-state index >= 15 is 0 Å². The molecule has 1 N–H and O–H groups in total. The van der Waals surface area contributed by atoms with Gasteiger partial charge < -0.3 is 10.1 Å². The minimum atomic E-state index is -3.00. The SMILES string of the molecule is Cc1nn(CC(=O)Nc2ccc(OC(F)F)c(Cl)c2)c2nccc(-c3ccc(F)cc3)c12. The van der Waals surface area contributed by atoms with E-state index in [2.05, 4.69) is 20.1 Å². The number of rotatable bonds is 6. The second kappa shape index (κ2) is 8.88. The third-order valence-corrected chi connectivity index (χ3v) is 4.98. The van der Waals surface area contributed by atoms with Crippen molar-refractivity contribution in [1.82, 2.24) is 14.8 Å². The monoisotopic (exact) mass is 460 g/mol. The van der Waals surface area contributed by atoms with Gasteiger partial charge in [-0.05, 0) is 54.4 Å². The number of carbonyl (C=O) groups excluding carboxylic acids is 1. The fourth-order valence-corrected chi connectivity index (χ4v) is 3.59. The predicted molar refractivity (Wildman–Crippen MR) is 114 cm³/mol. The Kier molecular flexibility index (Phi) is 6.00. The summed E-state index contributed by atoms with van der Waals surface area (Å²) in [5.74, 6) is -0.940. The van der Waals surface area contributed by atoms with Crippen molar-refractivity contribution in [1.29, 1.82) is 0 Å². The number of benzene rings is 2. The van der Waals surface area contributed by atoms with Crippen LogP contribution in [-0.2, 0) is 11.3 Å². The van der Waals surface area contributed by atoms with Gasteiger partial charge in [-0.15, -0.1) is 0 Å². The van der Waals surface area contributed by atoms with Gasteiger partial charge in [-0.3, -0.25) is 4.79 Å². The van der Waals surface area contributed by atoms with E-state index in [1.54, 1.807) is 31.3 Å². The second-order valence-electron chi connectivity index (χ2n) is 6.88. The highest BCUT2D eigenvalue weighted by molar-refractivity contribution is 6.32. The average molecular weight is 461 g/mol. The fourth-order valence-electron chi connectivity index (χ4n) is 3.37. The first-order valence-corrected chi connectivity index (χ1v) is 9.82. The second-order valence-corrected chi connectivity index (χ2v) is 7.29. The first-order valence-electron chi connectivity index (χ1n) is 9.44. The predicted octanol–water partition coefficient (Wildman–Crippen LogP) is 5.44. The van der Waals surface area contributed by atoms with Crippen molar-refractivity contribution < 1.29 is 22.7 Å². The Balaban J connectivity index is 1.57. The number of halogens is 4. The van der Waals surface area contributed by atoms with E-state index < -0.39 is 12.5 Å². The Morgan fingerprint density at radius 1 is 1.19 bits per heavy atom. The van der Waals surface area contributed by atoms with Crippen LogP contribution in [0, 0.1) is 12.7 Å². The zero-order chi connectivity index (χ0) is 22.8. The van der Waals surface area contributed by atoms with E-state index in [0.29, 0.717) is 17.0 Å². The zero-order valence-electron chi connectivity index (χ0n) is 16.7. The average Bonchev–Trinajstić information content (AvgIpc) is 3.06. The molecule has 32 heavy (non-hydrogen) atoms. The molecule has 2 heterocycles. The molecule has 0 aliphatic carbocycles. The maximum atomic E-state index is 13.3. The summed E-state index contributed by atoms with van der Waals surface area (Å²) in [4.78, 5) is 16.9. The van der Waals surface area contributed by atoms with Crippen LogP contribution in [0.25, 0.3) is 22.2 Å². The van der Waals surface area contributed by atoms with Gasteiger partial charge >= 0.3 is 6.61 Å². The molecule has 4 aromatic rings. The summed E-state index contributed by atoms with van der Waals surface area (Å²) in [6.45, 7) is -1.35. The Morgan fingerprint density at radius 3 is 2.62 bits per heavy atom. The summed E-state index contributed by atoms with van der Waals surface area (Å²) in [6.07, 6.45) is 1.60. The maximum absolute atomic E-state index is 13.3. The molecular weight excluding hydrogens is 445 g/mol. The molecule has 0 saturated heterocycles. The number of pyridine rings is 1. The van der Waals surface area contributed by atoms with Crippen LogP contribution in [-0.4, -0.2) is 27.3 Å². The molecule has 164 valence electrons. The standard InChI is InChI=1S/C22H16ClF3N4O2/c1-12-20-16(13-2-4-14(24)5-3-13)8-9-27-21(20)30(29-12)11-19(31)28-15-6-7-18(17(23)10-15)32-22(25)26/h2-10,22H,11H2,1H3,(H,28,31). The third kappa shape index (κ3) is 4.52. The number of amides is 1. The van der Waals surface area contributed by atoms with E-state index in [9.17, 15) is 18.0 Å². The Bertz CT molecular complexity index is 1290. The topological polar surface area (TPSA) is 69.0 Å². The lowest BCUT2D eigenvalue weighted by Crippen LogP contribution is -2.19. The lowest BCUT2D eigenvalue weighted by atomic mass is 10.0. The van der Waals surface area contributed by atoms with Crippen molar-refractivity contribution in [3.63, 3.8) is 0 Å². The Hall–Kier alpha value is -3.59. The summed E-state index contributed by atoms with van der Waals surface area (Å²) in [5.41, 5.74) is 3.09. The molecule has 0 atom stereocenters.